The van der Waals surface area contributed by atoms with E-state index in [1.54, 1.807) is 6.07 Å². The Kier molecular flexibility index (Phi) is 5.13. The topological polar surface area (TPSA) is 17.1 Å². The van der Waals surface area contributed by atoms with Crippen LogP contribution in [0.1, 0.15) is 30.9 Å². The van der Waals surface area contributed by atoms with Crippen LogP contribution in [0.15, 0.2) is 18.2 Å². The van der Waals surface area contributed by atoms with E-state index in [0.717, 1.165) is 12.0 Å². The van der Waals surface area contributed by atoms with Crippen LogP contribution in [0.3, 0.4) is 0 Å². The van der Waals surface area contributed by atoms with E-state index in [-0.39, 0.29) is 16.4 Å². The van der Waals surface area contributed by atoms with Crippen molar-refractivity contribution in [2.24, 2.45) is 0 Å². The van der Waals surface area contributed by atoms with Crippen molar-refractivity contribution >= 4 is 21.7 Å². The van der Waals surface area contributed by atoms with Crippen LogP contribution in [0.25, 0.3) is 0 Å². The Bertz CT molecular complexity index is 376. The van der Waals surface area contributed by atoms with Gasteiger partial charge in [0.25, 0.3) is 0 Å². The van der Waals surface area contributed by atoms with Gasteiger partial charge in [-0.3, -0.25) is 4.79 Å². The van der Waals surface area contributed by atoms with Crippen molar-refractivity contribution in [3.63, 3.8) is 0 Å². The third kappa shape index (κ3) is 3.71. The maximum Gasteiger partial charge on any atom is 0.146 e. The molecule has 1 unspecified atom stereocenters. The van der Waals surface area contributed by atoms with Crippen LogP contribution >= 0.6 is 15.9 Å². The van der Waals surface area contributed by atoms with Gasteiger partial charge in [-0.05, 0) is 37.0 Å². The summed E-state index contributed by atoms with van der Waals surface area (Å²) in [6, 6.07) is 5.11. The summed E-state index contributed by atoms with van der Waals surface area (Å²) < 4.78 is 13.5. The standard InChI is InChI=1S/C13H16BrFO/c1-3-4-13(16)11(14)8-10-6-5-9(2)7-12(10)15/h5-7,11H,3-4,8H2,1-2H3. The third-order valence-corrected chi connectivity index (χ3v) is 3.29. The Hall–Kier alpha value is -0.700. The lowest BCUT2D eigenvalue weighted by Crippen LogP contribution is -2.16. The fourth-order valence-electron chi connectivity index (χ4n) is 1.53. The normalized spacial score (nSPS) is 12.5. The lowest BCUT2D eigenvalue weighted by atomic mass is 10.0. The number of Topliss-reactive ketones (excluding diaryl/α,β-unsaturated/α-hetero) is 1. The zero-order valence-corrected chi connectivity index (χ0v) is 11.2. The second kappa shape index (κ2) is 6.14. The van der Waals surface area contributed by atoms with Crippen molar-refractivity contribution in [3.8, 4) is 0 Å². The summed E-state index contributed by atoms with van der Waals surface area (Å²) in [4.78, 5) is 11.3. The van der Waals surface area contributed by atoms with Crippen molar-refractivity contribution in [1.29, 1.82) is 0 Å². The third-order valence-electron chi connectivity index (χ3n) is 2.45. The molecule has 0 saturated heterocycles. The molecule has 0 saturated carbocycles. The van der Waals surface area contributed by atoms with Crippen molar-refractivity contribution < 1.29 is 9.18 Å². The lowest BCUT2D eigenvalue weighted by molar-refractivity contribution is -0.118. The molecule has 0 N–H and O–H groups in total. The van der Waals surface area contributed by atoms with Gasteiger partial charge in [0.1, 0.15) is 11.6 Å². The van der Waals surface area contributed by atoms with E-state index < -0.39 is 0 Å². The Morgan fingerprint density at radius 1 is 1.50 bits per heavy atom. The molecule has 1 aromatic rings. The monoisotopic (exact) mass is 286 g/mol. The molecule has 0 heterocycles. The number of hydrogen-bond acceptors (Lipinski definition) is 1. The van der Waals surface area contributed by atoms with E-state index in [1.165, 1.54) is 6.07 Å². The second-order valence-corrected chi connectivity index (χ2v) is 5.09. The van der Waals surface area contributed by atoms with Crippen molar-refractivity contribution in [2.45, 2.75) is 37.9 Å². The maximum atomic E-state index is 13.5. The van der Waals surface area contributed by atoms with Crippen LogP contribution in [-0.2, 0) is 11.2 Å². The summed E-state index contributed by atoms with van der Waals surface area (Å²) in [5, 5.41) is 0. The number of carbonyl (C=O) groups is 1. The highest BCUT2D eigenvalue weighted by Gasteiger charge is 2.16. The van der Waals surface area contributed by atoms with Crippen LogP contribution in [0.2, 0.25) is 0 Å². The van der Waals surface area contributed by atoms with Gasteiger partial charge in [-0.25, -0.2) is 4.39 Å². The van der Waals surface area contributed by atoms with Gasteiger partial charge in [-0.2, -0.15) is 0 Å². The summed E-state index contributed by atoms with van der Waals surface area (Å²) in [5.41, 5.74) is 1.49. The zero-order valence-electron chi connectivity index (χ0n) is 9.59. The molecule has 3 heteroatoms. The Balaban J connectivity index is 2.69. The van der Waals surface area contributed by atoms with Crippen LogP contribution in [0, 0.1) is 12.7 Å². The summed E-state index contributed by atoms with van der Waals surface area (Å²) in [6.45, 7) is 3.81. The quantitative estimate of drug-likeness (QED) is 0.753. The molecule has 0 aliphatic carbocycles. The molecule has 0 fully saturated rings. The van der Waals surface area contributed by atoms with Crippen LogP contribution in [0.4, 0.5) is 4.39 Å². The minimum absolute atomic E-state index is 0.141. The SMILES string of the molecule is CCCC(=O)C(Br)Cc1ccc(C)cc1F. The van der Waals surface area contributed by atoms with Gasteiger partial charge in [0.15, 0.2) is 0 Å². The molecule has 0 bridgehead atoms. The van der Waals surface area contributed by atoms with E-state index in [0.29, 0.717) is 18.4 Å². The van der Waals surface area contributed by atoms with Gasteiger partial charge >= 0.3 is 0 Å². The molecule has 0 radical (unpaired) electrons. The first-order valence-corrected chi connectivity index (χ1v) is 6.38. The maximum absolute atomic E-state index is 13.5. The fraction of sp³-hybridized carbons (Fsp3) is 0.462. The van der Waals surface area contributed by atoms with Gasteiger partial charge in [-0.1, -0.05) is 35.0 Å². The number of ketones is 1. The van der Waals surface area contributed by atoms with E-state index >= 15 is 0 Å². The number of aryl methyl sites for hydroxylation is 1. The van der Waals surface area contributed by atoms with E-state index in [1.807, 2.05) is 19.9 Å². The predicted octanol–water partition coefficient (Wildman–Crippen LogP) is 3.81. The van der Waals surface area contributed by atoms with Crippen molar-refractivity contribution in [1.82, 2.24) is 0 Å². The van der Waals surface area contributed by atoms with Gasteiger partial charge in [-0.15, -0.1) is 0 Å². The van der Waals surface area contributed by atoms with Gasteiger partial charge in [0.05, 0.1) is 4.83 Å². The number of benzene rings is 1. The zero-order chi connectivity index (χ0) is 12.1. The van der Waals surface area contributed by atoms with Crippen molar-refractivity contribution in [2.75, 3.05) is 0 Å². The van der Waals surface area contributed by atoms with E-state index in [4.69, 9.17) is 0 Å². The molecule has 0 amide bonds. The van der Waals surface area contributed by atoms with Gasteiger partial charge in [0, 0.05) is 6.42 Å². The number of rotatable bonds is 5. The lowest BCUT2D eigenvalue weighted by Gasteiger charge is -2.09. The average molecular weight is 287 g/mol. The van der Waals surface area contributed by atoms with Crippen LogP contribution < -0.4 is 0 Å². The van der Waals surface area contributed by atoms with Crippen molar-refractivity contribution in [3.05, 3.63) is 35.1 Å². The minimum Gasteiger partial charge on any atom is -0.298 e. The molecule has 88 valence electrons. The molecule has 0 aliphatic rings. The average Bonchev–Trinajstić information content (AvgIpc) is 2.22. The van der Waals surface area contributed by atoms with Crippen LogP contribution in [0.5, 0.6) is 0 Å². The Morgan fingerprint density at radius 3 is 2.75 bits per heavy atom. The van der Waals surface area contributed by atoms with E-state index in [9.17, 15) is 9.18 Å². The molecule has 0 spiro atoms. The summed E-state index contributed by atoms with van der Waals surface area (Å²) in [7, 11) is 0. The number of carbonyl (C=O) groups excluding carboxylic acids is 1. The molecule has 1 atom stereocenters. The Morgan fingerprint density at radius 2 is 2.19 bits per heavy atom. The molecule has 0 aromatic heterocycles. The molecular formula is C13H16BrFO. The molecule has 0 aliphatic heterocycles. The first-order valence-electron chi connectivity index (χ1n) is 5.46. The van der Waals surface area contributed by atoms with Gasteiger partial charge in [0.2, 0.25) is 0 Å². The summed E-state index contributed by atoms with van der Waals surface area (Å²) in [5.74, 6) is -0.0868. The number of hydrogen-bond donors (Lipinski definition) is 0. The largest absolute Gasteiger partial charge is 0.298 e. The predicted molar refractivity (Wildman–Crippen MR) is 67.5 cm³/mol. The minimum atomic E-state index is -0.273. The number of alkyl halides is 1. The fourth-order valence-corrected chi connectivity index (χ4v) is 2.11. The summed E-state index contributed by atoms with van der Waals surface area (Å²) >= 11 is 3.32. The highest BCUT2D eigenvalue weighted by atomic mass is 79.9. The van der Waals surface area contributed by atoms with Crippen LogP contribution in [-0.4, -0.2) is 10.6 Å². The first-order chi connectivity index (χ1) is 7.54. The molecule has 1 aromatic carbocycles. The smallest absolute Gasteiger partial charge is 0.146 e. The molecule has 16 heavy (non-hydrogen) atoms. The van der Waals surface area contributed by atoms with Gasteiger partial charge < -0.3 is 0 Å². The highest BCUT2D eigenvalue weighted by molar-refractivity contribution is 9.10. The molecule has 1 rings (SSSR count). The summed E-state index contributed by atoms with van der Waals surface area (Å²) in [6.07, 6.45) is 1.80. The molecular weight excluding hydrogens is 271 g/mol. The number of halogens is 2. The second-order valence-electron chi connectivity index (χ2n) is 3.98. The molecule has 1 nitrogen and oxygen atoms in total. The highest BCUT2D eigenvalue weighted by Crippen LogP contribution is 2.17. The Labute approximate surface area is 104 Å². The van der Waals surface area contributed by atoms with E-state index in [2.05, 4.69) is 15.9 Å². The first kappa shape index (κ1) is 13.4.